The van der Waals surface area contributed by atoms with Crippen LogP contribution in [0.2, 0.25) is 0 Å². The Balaban J connectivity index is 1.70. The minimum absolute atomic E-state index is 0.0935. The minimum Gasteiger partial charge on any atom is -0.489 e. The fourth-order valence-electron chi connectivity index (χ4n) is 3.22. The van der Waals surface area contributed by atoms with Gasteiger partial charge in [-0.15, -0.1) is 0 Å². The molecular weight excluding hydrogens is 433 g/mol. The summed E-state index contributed by atoms with van der Waals surface area (Å²) in [5.74, 6) is -1.60. The van der Waals surface area contributed by atoms with Gasteiger partial charge in [-0.1, -0.05) is 48.5 Å². The summed E-state index contributed by atoms with van der Waals surface area (Å²) in [5.41, 5.74) is 1.98. The molecule has 0 radical (unpaired) electrons. The second-order valence-electron chi connectivity index (χ2n) is 7.23. The first-order valence-corrected chi connectivity index (χ1v) is 10.3. The summed E-state index contributed by atoms with van der Waals surface area (Å²) in [6.07, 6.45) is -4.94. The molecule has 172 valence electrons. The molecule has 2 amide bonds. The molecule has 5 nitrogen and oxygen atoms in total. The highest BCUT2D eigenvalue weighted by Crippen LogP contribution is 2.22. The van der Waals surface area contributed by atoms with E-state index in [2.05, 4.69) is 5.32 Å². The summed E-state index contributed by atoms with van der Waals surface area (Å²) in [5, 5.41) is 2.77. The average Bonchev–Trinajstić information content (AvgIpc) is 2.81. The van der Waals surface area contributed by atoms with Crippen LogP contribution in [-0.4, -0.2) is 29.4 Å². The Morgan fingerprint density at radius 1 is 0.939 bits per heavy atom. The molecule has 0 heterocycles. The van der Waals surface area contributed by atoms with E-state index < -0.39 is 12.1 Å². The van der Waals surface area contributed by atoms with E-state index in [1.165, 1.54) is 6.92 Å². The molecule has 0 aromatic heterocycles. The van der Waals surface area contributed by atoms with E-state index in [9.17, 15) is 22.8 Å². The molecule has 0 unspecified atom stereocenters. The van der Waals surface area contributed by atoms with E-state index in [-0.39, 0.29) is 25.6 Å². The maximum absolute atomic E-state index is 12.9. The van der Waals surface area contributed by atoms with E-state index >= 15 is 0 Å². The number of carbonyl (C=O) groups is 2. The Morgan fingerprint density at radius 3 is 2.33 bits per heavy atom. The van der Waals surface area contributed by atoms with Gasteiger partial charge >= 0.3 is 12.1 Å². The molecule has 0 bridgehead atoms. The molecule has 0 fully saturated rings. The predicted octanol–water partition coefficient (Wildman–Crippen LogP) is 5.43. The molecule has 33 heavy (non-hydrogen) atoms. The fourth-order valence-corrected chi connectivity index (χ4v) is 3.22. The van der Waals surface area contributed by atoms with Gasteiger partial charge < -0.3 is 15.0 Å². The number of ether oxygens (including phenoxy) is 1. The van der Waals surface area contributed by atoms with Gasteiger partial charge in [-0.05, 0) is 42.8 Å². The molecule has 0 atom stereocenters. The van der Waals surface area contributed by atoms with Crippen molar-refractivity contribution >= 4 is 17.5 Å². The van der Waals surface area contributed by atoms with Gasteiger partial charge in [0, 0.05) is 29.9 Å². The highest BCUT2D eigenvalue weighted by Gasteiger charge is 2.41. The number of carbonyl (C=O) groups excluding carboxylic acids is 2. The Labute approximate surface area is 189 Å². The number of alkyl halides is 3. The van der Waals surface area contributed by atoms with Gasteiger partial charge in [-0.2, -0.15) is 13.2 Å². The number of benzene rings is 3. The van der Waals surface area contributed by atoms with Crippen molar-refractivity contribution in [3.63, 3.8) is 0 Å². The van der Waals surface area contributed by atoms with Crippen molar-refractivity contribution in [3.05, 3.63) is 95.6 Å². The minimum atomic E-state index is -4.94. The molecule has 0 aliphatic carbocycles. The summed E-state index contributed by atoms with van der Waals surface area (Å²) >= 11 is 0. The maximum atomic E-state index is 12.9. The van der Waals surface area contributed by atoms with Gasteiger partial charge in [0.2, 0.25) is 0 Å². The van der Waals surface area contributed by atoms with Crippen LogP contribution in [0.5, 0.6) is 5.75 Å². The van der Waals surface area contributed by atoms with Gasteiger partial charge in [-0.25, -0.2) is 0 Å². The number of nitrogens with one attached hydrogen (secondary N) is 1. The number of amides is 2. The van der Waals surface area contributed by atoms with E-state index in [1.807, 2.05) is 30.3 Å². The maximum Gasteiger partial charge on any atom is 0.471 e. The largest absolute Gasteiger partial charge is 0.489 e. The van der Waals surface area contributed by atoms with Crippen molar-refractivity contribution in [1.82, 2.24) is 4.90 Å². The lowest BCUT2D eigenvalue weighted by Gasteiger charge is -2.22. The van der Waals surface area contributed by atoms with Gasteiger partial charge in [0.25, 0.3) is 5.91 Å². The Morgan fingerprint density at radius 2 is 1.64 bits per heavy atom. The SMILES string of the molecule is CCN(Cc1cccc(NC(=O)c2ccccc2COc2ccccc2)c1)C(=O)C(F)(F)F. The highest BCUT2D eigenvalue weighted by molar-refractivity contribution is 6.05. The van der Waals surface area contributed by atoms with E-state index in [0.717, 1.165) is 0 Å². The zero-order chi connectivity index (χ0) is 23.8. The monoisotopic (exact) mass is 456 g/mol. The van der Waals surface area contributed by atoms with Gasteiger partial charge in [0.05, 0.1) is 0 Å². The fraction of sp³-hybridized carbons (Fsp3) is 0.200. The van der Waals surface area contributed by atoms with E-state index in [0.29, 0.717) is 33.0 Å². The Kier molecular flexibility index (Phi) is 7.71. The first-order chi connectivity index (χ1) is 15.8. The number of anilines is 1. The van der Waals surface area contributed by atoms with Crippen molar-refractivity contribution in [2.75, 3.05) is 11.9 Å². The summed E-state index contributed by atoms with van der Waals surface area (Å²) in [7, 11) is 0. The Bertz CT molecular complexity index is 1100. The van der Waals surface area contributed by atoms with Crippen LogP contribution in [0.4, 0.5) is 18.9 Å². The lowest BCUT2D eigenvalue weighted by molar-refractivity contribution is -0.185. The number of para-hydroxylation sites is 1. The highest BCUT2D eigenvalue weighted by atomic mass is 19.4. The third-order valence-corrected chi connectivity index (χ3v) is 4.87. The zero-order valence-corrected chi connectivity index (χ0v) is 17.9. The third-order valence-electron chi connectivity index (χ3n) is 4.87. The second-order valence-corrected chi connectivity index (χ2v) is 7.23. The number of halogens is 3. The van der Waals surface area contributed by atoms with E-state index in [4.69, 9.17) is 4.74 Å². The van der Waals surface area contributed by atoms with Crippen molar-refractivity contribution in [1.29, 1.82) is 0 Å². The number of rotatable bonds is 8. The zero-order valence-electron chi connectivity index (χ0n) is 17.9. The van der Waals surface area contributed by atoms with Crippen molar-refractivity contribution in [2.24, 2.45) is 0 Å². The van der Waals surface area contributed by atoms with Crippen LogP contribution < -0.4 is 10.1 Å². The molecule has 0 aliphatic heterocycles. The molecule has 0 spiro atoms. The van der Waals surface area contributed by atoms with Crippen LogP contribution in [-0.2, 0) is 17.9 Å². The van der Waals surface area contributed by atoms with Gasteiger partial charge in [0.1, 0.15) is 12.4 Å². The van der Waals surface area contributed by atoms with Crippen LogP contribution in [0.15, 0.2) is 78.9 Å². The summed E-state index contributed by atoms with van der Waals surface area (Å²) < 4.78 is 44.1. The molecule has 0 aliphatic rings. The summed E-state index contributed by atoms with van der Waals surface area (Å²) in [6.45, 7) is 1.35. The summed E-state index contributed by atoms with van der Waals surface area (Å²) in [6, 6.07) is 22.6. The standard InChI is InChI=1S/C25H23F3N2O3/c1-2-30(24(32)25(26,27)28)16-18-9-8-11-20(15-18)29-23(31)22-14-7-6-10-19(22)17-33-21-12-4-3-5-13-21/h3-15H,2,16-17H2,1H3,(H,29,31). The van der Waals surface area contributed by atoms with Crippen LogP contribution in [0.25, 0.3) is 0 Å². The molecule has 0 saturated heterocycles. The molecule has 8 heteroatoms. The number of nitrogens with zero attached hydrogens (tertiary/aromatic N) is 1. The van der Waals surface area contributed by atoms with Crippen LogP contribution in [0.3, 0.4) is 0 Å². The molecule has 3 rings (SSSR count). The smallest absolute Gasteiger partial charge is 0.471 e. The normalized spacial score (nSPS) is 11.0. The summed E-state index contributed by atoms with van der Waals surface area (Å²) in [4.78, 5) is 25.2. The second kappa shape index (κ2) is 10.7. The molecule has 1 N–H and O–H groups in total. The predicted molar refractivity (Wildman–Crippen MR) is 119 cm³/mol. The van der Waals surface area contributed by atoms with Crippen LogP contribution >= 0.6 is 0 Å². The first-order valence-electron chi connectivity index (χ1n) is 10.3. The molecule has 3 aromatic rings. The molecular formula is C25H23F3N2O3. The average molecular weight is 456 g/mol. The lowest BCUT2D eigenvalue weighted by Crippen LogP contribution is -2.40. The van der Waals surface area contributed by atoms with Gasteiger partial charge in [0.15, 0.2) is 0 Å². The quantitative estimate of drug-likeness (QED) is 0.492. The first kappa shape index (κ1) is 23.8. The number of hydrogen-bond donors (Lipinski definition) is 1. The van der Waals surface area contributed by atoms with Gasteiger partial charge in [-0.3, -0.25) is 9.59 Å². The molecule has 0 saturated carbocycles. The van der Waals surface area contributed by atoms with Crippen LogP contribution in [0.1, 0.15) is 28.4 Å². The Hall–Kier alpha value is -3.81. The number of hydrogen-bond acceptors (Lipinski definition) is 3. The van der Waals surface area contributed by atoms with Crippen molar-refractivity contribution < 1.29 is 27.5 Å². The van der Waals surface area contributed by atoms with Crippen molar-refractivity contribution in [2.45, 2.75) is 26.3 Å². The van der Waals surface area contributed by atoms with E-state index in [1.54, 1.807) is 48.5 Å². The topological polar surface area (TPSA) is 58.6 Å². The van der Waals surface area contributed by atoms with Crippen LogP contribution in [0, 0.1) is 0 Å². The van der Waals surface area contributed by atoms with Crippen molar-refractivity contribution in [3.8, 4) is 5.75 Å². The third kappa shape index (κ3) is 6.58. The lowest BCUT2D eigenvalue weighted by atomic mass is 10.1. The molecule has 3 aromatic carbocycles.